The molecule has 0 aliphatic heterocycles. The maximum absolute atomic E-state index is 13.0. The standard InChI is InChI=1S/C25H24F2N4O4/c1-15-4-5-17(11-28-15)12-30-24(33)19-6-8-21(29-13-19)18-7-9-22(20(10-18)25(34)35-3)31(16(2)32)14-23(26)27/h4-11,13,23H,12,14H2,1-3H3,(H,30,33). The van der Waals surface area contributed by atoms with Gasteiger partial charge in [0, 0.05) is 37.1 Å². The van der Waals surface area contributed by atoms with Gasteiger partial charge in [-0.25, -0.2) is 13.6 Å². The Hall–Kier alpha value is -4.21. The highest BCUT2D eigenvalue weighted by molar-refractivity contribution is 6.03. The van der Waals surface area contributed by atoms with Crippen LogP contribution >= 0.6 is 0 Å². The molecule has 0 unspecified atom stereocenters. The number of carbonyl (C=O) groups excluding carboxylic acids is 3. The van der Waals surface area contributed by atoms with Crippen LogP contribution in [0.25, 0.3) is 11.3 Å². The van der Waals surface area contributed by atoms with Crippen LogP contribution in [0.15, 0.2) is 54.9 Å². The van der Waals surface area contributed by atoms with E-state index in [0.29, 0.717) is 23.4 Å². The van der Waals surface area contributed by atoms with E-state index < -0.39 is 24.8 Å². The summed E-state index contributed by atoms with van der Waals surface area (Å²) < 4.78 is 30.8. The Kier molecular flexibility index (Phi) is 8.19. The van der Waals surface area contributed by atoms with E-state index in [1.165, 1.54) is 18.3 Å². The molecule has 0 atom stereocenters. The Bertz CT molecular complexity index is 1220. The van der Waals surface area contributed by atoms with Gasteiger partial charge in [-0.05, 0) is 42.8 Å². The lowest BCUT2D eigenvalue weighted by Crippen LogP contribution is -2.34. The first-order chi connectivity index (χ1) is 16.7. The molecule has 2 heterocycles. The van der Waals surface area contributed by atoms with Crippen molar-refractivity contribution in [3.05, 3.63) is 77.2 Å². The van der Waals surface area contributed by atoms with Crippen LogP contribution in [0.2, 0.25) is 0 Å². The van der Waals surface area contributed by atoms with Crippen LogP contribution in [-0.2, 0) is 16.1 Å². The zero-order chi connectivity index (χ0) is 25.5. The number of hydrogen-bond acceptors (Lipinski definition) is 6. The molecular formula is C25H24F2N4O4. The molecule has 3 aromatic rings. The van der Waals surface area contributed by atoms with Gasteiger partial charge in [-0.15, -0.1) is 0 Å². The summed E-state index contributed by atoms with van der Waals surface area (Å²) >= 11 is 0. The minimum atomic E-state index is -2.79. The molecule has 0 saturated carbocycles. The molecule has 0 aliphatic rings. The average molecular weight is 482 g/mol. The number of carbonyl (C=O) groups is 3. The molecule has 1 N–H and O–H groups in total. The zero-order valence-electron chi connectivity index (χ0n) is 19.4. The summed E-state index contributed by atoms with van der Waals surface area (Å²) in [5.74, 6) is -1.75. The van der Waals surface area contributed by atoms with Gasteiger partial charge in [0.15, 0.2) is 0 Å². The minimum absolute atomic E-state index is 0.00925. The summed E-state index contributed by atoms with van der Waals surface area (Å²) in [4.78, 5) is 46.1. The van der Waals surface area contributed by atoms with Gasteiger partial charge < -0.3 is 15.0 Å². The monoisotopic (exact) mass is 482 g/mol. The molecule has 0 saturated heterocycles. The summed E-state index contributed by atoms with van der Waals surface area (Å²) in [6.45, 7) is 2.46. The lowest BCUT2D eigenvalue weighted by molar-refractivity contribution is -0.117. The predicted molar refractivity (Wildman–Crippen MR) is 125 cm³/mol. The number of ether oxygens (including phenoxy) is 1. The number of aromatic nitrogens is 2. The fourth-order valence-corrected chi connectivity index (χ4v) is 3.33. The molecule has 0 aliphatic carbocycles. The van der Waals surface area contributed by atoms with Crippen LogP contribution in [0.1, 0.15) is 38.9 Å². The summed E-state index contributed by atoms with van der Waals surface area (Å²) in [7, 11) is 1.16. The average Bonchev–Trinajstić information content (AvgIpc) is 2.86. The Morgan fingerprint density at radius 1 is 1.06 bits per heavy atom. The van der Waals surface area contributed by atoms with Crippen molar-refractivity contribution in [1.29, 1.82) is 0 Å². The first kappa shape index (κ1) is 25.4. The van der Waals surface area contributed by atoms with Gasteiger partial charge in [0.1, 0.15) is 0 Å². The highest BCUT2D eigenvalue weighted by Gasteiger charge is 2.24. The third-order valence-corrected chi connectivity index (χ3v) is 5.14. The first-order valence-electron chi connectivity index (χ1n) is 10.6. The molecule has 0 fully saturated rings. The van der Waals surface area contributed by atoms with Gasteiger partial charge in [-0.2, -0.15) is 0 Å². The highest BCUT2D eigenvalue weighted by atomic mass is 19.3. The van der Waals surface area contributed by atoms with E-state index in [0.717, 1.165) is 30.2 Å². The third-order valence-electron chi connectivity index (χ3n) is 5.14. The van der Waals surface area contributed by atoms with E-state index in [-0.39, 0.29) is 17.2 Å². The first-order valence-corrected chi connectivity index (χ1v) is 10.6. The van der Waals surface area contributed by atoms with Crippen molar-refractivity contribution in [1.82, 2.24) is 15.3 Å². The number of amides is 2. The number of anilines is 1. The molecule has 0 bridgehead atoms. The van der Waals surface area contributed by atoms with Gasteiger partial charge >= 0.3 is 5.97 Å². The Morgan fingerprint density at radius 3 is 2.40 bits per heavy atom. The summed E-state index contributed by atoms with van der Waals surface area (Å²) in [5, 5.41) is 2.79. The Morgan fingerprint density at radius 2 is 1.83 bits per heavy atom. The maximum Gasteiger partial charge on any atom is 0.340 e. The van der Waals surface area contributed by atoms with Crippen molar-refractivity contribution in [3.63, 3.8) is 0 Å². The van der Waals surface area contributed by atoms with E-state index in [1.54, 1.807) is 24.4 Å². The molecule has 3 rings (SSSR count). The molecule has 182 valence electrons. The third kappa shape index (κ3) is 6.44. The topological polar surface area (TPSA) is 101 Å². The number of esters is 1. The fourth-order valence-electron chi connectivity index (χ4n) is 3.33. The quantitative estimate of drug-likeness (QED) is 0.491. The van der Waals surface area contributed by atoms with E-state index >= 15 is 0 Å². The molecule has 8 nitrogen and oxygen atoms in total. The number of aryl methyl sites for hydroxylation is 1. The Labute approximate surface area is 201 Å². The molecule has 2 amide bonds. The van der Waals surface area contributed by atoms with Gasteiger partial charge in [0.25, 0.3) is 12.3 Å². The largest absolute Gasteiger partial charge is 0.465 e. The normalized spacial score (nSPS) is 10.7. The molecule has 0 radical (unpaired) electrons. The van der Waals surface area contributed by atoms with Crippen molar-refractivity contribution in [3.8, 4) is 11.3 Å². The molecule has 2 aromatic heterocycles. The number of pyridine rings is 2. The minimum Gasteiger partial charge on any atom is -0.465 e. The van der Waals surface area contributed by atoms with Crippen LogP contribution < -0.4 is 10.2 Å². The van der Waals surface area contributed by atoms with Gasteiger partial charge in [0.2, 0.25) is 5.91 Å². The Balaban J connectivity index is 1.82. The lowest BCUT2D eigenvalue weighted by Gasteiger charge is -2.23. The fraction of sp³-hybridized carbons (Fsp3) is 0.240. The van der Waals surface area contributed by atoms with E-state index in [9.17, 15) is 23.2 Å². The van der Waals surface area contributed by atoms with Crippen LogP contribution in [0.5, 0.6) is 0 Å². The number of halogens is 2. The lowest BCUT2D eigenvalue weighted by atomic mass is 10.0. The van der Waals surface area contributed by atoms with E-state index in [1.807, 2.05) is 19.1 Å². The van der Waals surface area contributed by atoms with Gasteiger partial charge in [0.05, 0.1) is 36.2 Å². The molecule has 10 heteroatoms. The predicted octanol–water partition coefficient (Wildman–Crippen LogP) is 3.79. The van der Waals surface area contributed by atoms with Gasteiger partial charge in [-0.1, -0.05) is 12.1 Å². The zero-order valence-corrected chi connectivity index (χ0v) is 19.4. The van der Waals surface area contributed by atoms with Crippen LogP contribution in [0, 0.1) is 6.92 Å². The highest BCUT2D eigenvalue weighted by Crippen LogP contribution is 2.28. The molecule has 1 aromatic carbocycles. The number of methoxy groups -OCH3 is 1. The van der Waals surface area contributed by atoms with E-state index in [2.05, 4.69) is 15.3 Å². The number of alkyl halides is 2. The van der Waals surface area contributed by atoms with Crippen molar-refractivity contribution < 1.29 is 27.9 Å². The van der Waals surface area contributed by atoms with Crippen molar-refractivity contribution >= 4 is 23.5 Å². The molecule has 35 heavy (non-hydrogen) atoms. The number of hydrogen-bond donors (Lipinski definition) is 1. The van der Waals surface area contributed by atoms with Gasteiger partial charge in [-0.3, -0.25) is 19.6 Å². The molecule has 0 spiro atoms. The second-order valence-electron chi connectivity index (χ2n) is 7.67. The van der Waals surface area contributed by atoms with Crippen molar-refractivity contribution in [2.24, 2.45) is 0 Å². The van der Waals surface area contributed by atoms with Crippen molar-refractivity contribution in [2.45, 2.75) is 26.8 Å². The maximum atomic E-state index is 13.0. The second-order valence-corrected chi connectivity index (χ2v) is 7.67. The number of rotatable bonds is 8. The SMILES string of the molecule is COC(=O)c1cc(-c2ccc(C(=O)NCc3ccc(C)nc3)cn2)ccc1N(CC(F)F)C(C)=O. The summed E-state index contributed by atoms with van der Waals surface area (Å²) in [5.41, 5.74) is 2.93. The molecular weight excluding hydrogens is 458 g/mol. The van der Waals surface area contributed by atoms with Crippen LogP contribution in [-0.4, -0.2) is 47.8 Å². The second kappa shape index (κ2) is 11.3. The van der Waals surface area contributed by atoms with Crippen molar-refractivity contribution in [2.75, 3.05) is 18.6 Å². The smallest absolute Gasteiger partial charge is 0.340 e. The van der Waals surface area contributed by atoms with Crippen LogP contribution in [0.3, 0.4) is 0 Å². The number of nitrogens with one attached hydrogen (secondary N) is 1. The number of nitrogens with zero attached hydrogens (tertiary/aromatic N) is 3. The summed E-state index contributed by atoms with van der Waals surface area (Å²) in [6, 6.07) is 11.3. The van der Waals surface area contributed by atoms with Crippen LogP contribution in [0.4, 0.5) is 14.5 Å². The number of benzene rings is 1. The summed E-state index contributed by atoms with van der Waals surface area (Å²) in [6.07, 6.45) is 0.294. The van der Waals surface area contributed by atoms with E-state index in [4.69, 9.17) is 4.74 Å².